The molecule has 204 valence electrons. The van der Waals surface area contributed by atoms with Crippen LogP contribution in [0.4, 0.5) is 17.6 Å². The van der Waals surface area contributed by atoms with Crippen LogP contribution in [0.25, 0.3) is 0 Å². The SMILES string of the molecule is O=C(O)C(F)(F)F.O=C1NC2(CCN(C(=O)c3ccc(Cl)c(F)c3)CC2)[C@H]2CN(CC3CCCC3)C[C@@H]12. The number of hydrogen-bond donors (Lipinski definition) is 2. The maximum absolute atomic E-state index is 13.8. The number of carbonyl (C=O) groups is 3. The Labute approximate surface area is 217 Å². The Morgan fingerprint density at radius 3 is 2.32 bits per heavy atom. The number of nitrogens with one attached hydrogen (secondary N) is 1. The Morgan fingerprint density at radius 2 is 1.76 bits per heavy atom. The van der Waals surface area contributed by atoms with Crippen molar-refractivity contribution in [3.05, 3.63) is 34.6 Å². The normalized spacial score (nSPS) is 25.5. The van der Waals surface area contributed by atoms with Crippen LogP contribution in [0.5, 0.6) is 0 Å². The first-order valence-corrected chi connectivity index (χ1v) is 12.9. The lowest BCUT2D eigenvalue weighted by atomic mass is 9.75. The second-order valence-corrected chi connectivity index (χ2v) is 10.9. The smallest absolute Gasteiger partial charge is 0.475 e. The fraction of sp³-hybridized carbons (Fsp3) is 0.640. The second kappa shape index (κ2) is 10.8. The summed E-state index contributed by atoms with van der Waals surface area (Å²) in [6.07, 6.45) is 1.78. The number of nitrogens with zero attached hydrogens (tertiary/aromatic N) is 2. The number of piperidine rings is 1. The van der Waals surface area contributed by atoms with Crippen molar-refractivity contribution in [2.75, 3.05) is 32.7 Å². The summed E-state index contributed by atoms with van der Waals surface area (Å²) in [7, 11) is 0. The van der Waals surface area contributed by atoms with Crippen LogP contribution in [0.3, 0.4) is 0 Å². The van der Waals surface area contributed by atoms with Gasteiger partial charge in [0.1, 0.15) is 5.82 Å². The Hall–Kier alpha value is -2.40. The predicted molar refractivity (Wildman–Crippen MR) is 126 cm³/mol. The zero-order chi connectivity index (χ0) is 27.0. The minimum atomic E-state index is -5.08. The van der Waals surface area contributed by atoms with Gasteiger partial charge in [-0.3, -0.25) is 9.59 Å². The van der Waals surface area contributed by atoms with Gasteiger partial charge in [0.2, 0.25) is 5.91 Å². The number of amides is 2. The molecule has 2 amide bonds. The fourth-order valence-electron chi connectivity index (χ4n) is 6.27. The maximum atomic E-state index is 13.8. The molecule has 37 heavy (non-hydrogen) atoms. The molecule has 12 heteroatoms. The molecule has 7 nitrogen and oxygen atoms in total. The first-order chi connectivity index (χ1) is 17.4. The number of rotatable bonds is 3. The van der Waals surface area contributed by atoms with Gasteiger partial charge < -0.3 is 20.2 Å². The molecule has 0 radical (unpaired) electrons. The van der Waals surface area contributed by atoms with Gasteiger partial charge in [-0.25, -0.2) is 9.18 Å². The lowest BCUT2D eigenvalue weighted by molar-refractivity contribution is -0.192. The van der Waals surface area contributed by atoms with Crippen LogP contribution in [-0.2, 0) is 9.59 Å². The average Bonchev–Trinajstić information content (AvgIpc) is 3.56. The van der Waals surface area contributed by atoms with Gasteiger partial charge in [-0.2, -0.15) is 13.2 Å². The molecule has 1 saturated carbocycles. The van der Waals surface area contributed by atoms with Crippen molar-refractivity contribution in [2.24, 2.45) is 17.8 Å². The quantitative estimate of drug-likeness (QED) is 0.559. The molecule has 0 aromatic heterocycles. The van der Waals surface area contributed by atoms with Crippen LogP contribution < -0.4 is 5.32 Å². The lowest BCUT2D eigenvalue weighted by Gasteiger charge is -2.43. The highest BCUT2D eigenvalue weighted by atomic mass is 35.5. The van der Waals surface area contributed by atoms with Crippen molar-refractivity contribution in [3.63, 3.8) is 0 Å². The van der Waals surface area contributed by atoms with Gasteiger partial charge >= 0.3 is 12.1 Å². The van der Waals surface area contributed by atoms with Crippen molar-refractivity contribution < 1.29 is 37.1 Å². The van der Waals surface area contributed by atoms with Gasteiger partial charge in [-0.1, -0.05) is 24.4 Å². The van der Waals surface area contributed by atoms with Crippen molar-refractivity contribution in [1.82, 2.24) is 15.1 Å². The van der Waals surface area contributed by atoms with Crippen LogP contribution in [0.1, 0.15) is 48.9 Å². The summed E-state index contributed by atoms with van der Waals surface area (Å²) in [5, 5.41) is 10.5. The molecule has 5 rings (SSSR count). The van der Waals surface area contributed by atoms with Crippen LogP contribution >= 0.6 is 11.6 Å². The Morgan fingerprint density at radius 1 is 1.14 bits per heavy atom. The molecule has 4 aliphatic rings. The number of carbonyl (C=O) groups excluding carboxylic acids is 2. The highest BCUT2D eigenvalue weighted by Crippen LogP contribution is 2.44. The second-order valence-electron chi connectivity index (χ2n) is 10.5. The van der Waals surface area contributed by atoms with Crippen LogP contribution in [0, 0.1) is 23.6 Å². The van der Waals surface area contributed by atoms with Crippen molar-refractivity contribution in [1.29, 1.82) is 0 Å². The van der Waals surface area contributed by atoms with Gasteiger partial charge in [-0.05, 0) is 49.8 Å². The van der Waals surface area contributed by atoms with Crippen LogP contribution in [-0.4, -0.2) is 77.1 Å². The molecule has 3 saturated heterocycles. The molecule has 2 N–H and O–H groups in total. The summed E-state index contributed by atoms with van der Waals surface area (Å²) in [5.74, 6) is -2.11. The molecule has 3 aliphatic heterocycles. The molecule has 0 bridgehead atoms. The molecule has 1 aliphatic carbocycles. The molecular weight excluding hydrogens is 518 g/mol. The van der Waals surface area contributed by atoms with Gasteiger partial charge in [0.15, 0.2) is 0 Å². The van der Waals surface area contributed by atoms with Gasteiger partial charge in [0, 0.05) is 49.7 Å². The van der Waals surface area contributed by atoms with Crippen LogP contribution in [0.15, 0.2) is 18.2 Å². The summed E-state index contributed by atoms with van der Waals surface area (Å²) < 4.78 is 45.5. The molecular formula is C25H30ClF4N3O4. The van der Waals surface area contributed by atoms with E-state index < -0.39 is 18.0 Å². The summed E-state index contributed by atoms with van der Waals surface area (Å²) in [6.45, 7) is 4.14. The number of carboxylic acids is 1. The first kappa shape index (κ1) is 27.6. The maximum Gasteiger partial charge on any atom is 0.490 e. The standard InChI is InChI=1S/C23H29ClFN3O2.C2HF3O2/c24-19-6-5-16(11-20(19)25)22(30)28-9-7-23(8-10-28)18-14-27(12-15-3-1-2-4-15)13-17(18)21(29)26-23;3-2(4,5)1(6)7/h5-6,11,15,17-18H,1-4,7-10,12-14H2,(H,26,29);(H,6,7)/t17-,18+;/m1./s1. The average molecular weight is 548 g/mol. The van der Waals surface area contributed by atoms with E-state index in [1.54, 1.807) is 11.0 Å². The van der Waals surface area contributed by atoms with Crippen molar-refractivity contribution >= 4 is 29.4 Å². The number of hydrogen-bond acceptors (Lipinski definition) is 4. The molecule has 2 atom stereocenters. The summed E-state index contributed by atoms with van der Waals surface area (Å²) in [6, 6.07) is 4.21. The minimum absolute atomic E-state index is 0.0206. The van der Waals surface area contributed by atoms with Gasteiger partial charge in [-0.15, -0.1) is 0 Å². The summed E-state index contributed by atoms with van der Waals surface area (Å²) >= 11 is 5.74. The summed E-state index contributed by atoms with van der Waals surface area (Å²) in [5.41, 5.74) is 0.124. The summed E-state index contributed by atoms with van der Waals surface area (Å²) in [4.78, 5) is 38.8. The van der Waals surface area contributed by atoms with Gasteiger partial charge in [0.25, 0.3) is 5.91 Å². The number of likely N-dealkylation sites (tertiary alicyclic amines) is 2. The Kier molecular flexibility index (Phi) is 8.04. The molecule has 1 aromatic carbocycles. The number of alkyl halides is 3. The Bertz CT molecular complexity index is 1040. The van der Waals surface area contributed by atoms with Crippen LogP contribution in [0.2, 0.25) is 5.02 Å². The highest BCUT2D eigenvalue weighted by molar-refractivity contribution is 6.30. The van der Waals surface area contributed by atoms with E-state index in [0.29, 0.717) is 24.6 Å². The van der Waals surface area contributed by atoms with E-state index in [-0.39, 0.29) is 28.3 Å². The molecule has 4 fully saturated rings. The topological polar surface area (TPSA) is 89.9 Å². The van der Waals surface area contributed by atoms with E-state index in [1.807, 2.05) is 0 Å². The molecule has 1 spiro atoms. The predicted octanol–water partition coefficient (Wildman–Crippen LogP) is 3.96. The molecule has 0 unspecified atom stereocenters. The van der Waals surface area contributed by atoms with E-state index >= 15 is 0 Å². The zero-order valence-electron chi connectivity index (χ0n) is 20.2. The number of carboxylic acid groups (broad SMARTS) is 1. The molecule has 1 aromatic rings. The minimum Gasteiger partial charge on any atom is -0.475 e. The zero-order valence-corrected chi connectivity index (χ0v) is 21.0. The third-order valence-corrected chi connectivity index (χ3v) is 8.46. The van der Waals surface area contributed by atoms with E-state index in [0.717, 1.165) is 38.4 Å². The lowest BCUT2D eigenvalue weighted by Crippen LogP contribution is -2.56. The number of benzene rings is 1. The Balaban J connectivity index is 0.000000405. The first-order valence-electron chi connectivity index (χ1n) is 12.5. The van der Waals surface area contributed by atoms with E-state index in [1.165, 1.54) is 37.8 Å². The monoisotopic (exact) mass is 547 g/mol. The van der Waals surface area contributed by atoms with Crippen molar-refractivity contribution in [3.8, 4) is 0 Å². The third-order valence-electron chi connectivity index (χ3n) is 8.16. The highest BCUT2D eigenvalue weighted by Gasteiger charge is 2.57. The van der Waals surface area contributed by atoms with E-state index in [9.17, 15) is 27.2 Å². The van der Waals surface area contributed by atoms with E-state index in [2.05, 4.69) is 10.2 Å². The van der Waals surface area contributed by atoms with Crippen molar-refractivity contribution in [2.45, 2.75) is 50.2 Å². The largest absolute Gasteiger partial charge is 0.490 e. The van der Waals surface area contributed by atoms with Gasteiger partial charge in [0.05, 0.1) is 10.9 Å². The third kappa shape index (κ3) is 6.03. The van der Waals surface area contributed by atoms with E-state index in [4.69, 9.17) is 21.5 Å². The number of halogens is 5. The number of fused-ring (bicyclic) bond motifs is 2. The number of aliphatic carboxylic acids is 1. The molecule has 3 heterocycles. The fourth-order valence-corrected chi connectivity index (χ4v) is 6.38.